The summed E-state index contributed by atoms with van der Waals surface area (Å²) in [7, 11) is 0. The molecule has 1 fully saturated rings. The topological polar surface area (TPSA) is 75.2 Å². The first-order valence-electron chi connectivity index (χ1n) is 9.57. The second kappa shape index (κ2) is 9.99. The van der Waals surface area contributed by atoms with Crippen LogP contribution >= 0.6 is 46.3 Å². The fourth-order valence-corrected chi connectivity index (χ4v) is 5.68. The van der Waals surface area contributed by atoms with E-state index in [0.717, 1.165) is 24.1 Å². The molecule has 160 valence electrons. The molecule has 2 aromatic carbocycles. The maximum absolute atomic E-state index is 12.7. The van der Waals surface area contributed by atoms with E-state index < -0.39 is 0 Å². The molecule has 0 atom stereocenters. The molecule has 6 nitrogen and oxygen atoms in total. The summed E-state index contributed by atoms with van der Waals surface area (Å²) in [5.41, 5.74) is 2.27. The largest absolute Gasteiger partial charge is 0.338 e. The first-order valence-corrected chi connectivity index (χ1v) is 12.1. The molecular formula is C21H18Cl2N4O2S2. The smallest absolute Gasteiger partial charge is 0.257 e. The van der Waals surface area contributed by atoms with Gasteiger partial charge in [-0.3, -0.25) is 14.9 Å². The summed E-state index contributed by atoms with van der Waals surface area (Å²) in [5.74, 6) is 0.446. The zero-order valence-corrected chi connectivity index (χ0v) is 19.5. The summed E-state index contributed by atoms with van der Waals surface area (Å²) in [6.45, 7) is 1.28. The number of aromatic nitrogens is 2. The van der Waals surface area contributed by atoms with Gasteiger partial charge in [0.2, 0.25) is 11.0 Å². The van der Waals surface area contributed by atoms with Crippen LogP contribution in [-0.4, -0.2) is 33.5 Å². The molecule has 2 amide bonds. The van der Waals surface area contributed by atoms with Crippen LogP contribution in [0.2, 0.25) is 10.0 Å². The van der Waals surface area contributed by atoms with Gasteiger partial charge in [-0.15, -0.1) is 10.2 Å². The highest BCUT2D eigenvalue weighted by Crippen LogP contribution is 2.33. The van der Waals surface area contributed by atoms with Crippen LogP contribution < -0.4 is 5.32 Å². The SMILES string of the molecule is O=C(Nc1nnc(SCc2c(Cl)cccc2Cl)s1)c1cccc(CN2CCCC2=O)c1. The van der Waals surface area contributed by atoms with Crippen molar-refractivity contribution in [3.05, 3.63) is 69.2 Å². The van der Waals surface area contributed by atoms with Gasteiger partial charge in [0.05, 0.1) is 0 Å². The molecule has 2 heterocycles. The molecule has 1 aromatic heterocycles. The van der Waals surface area contributed by atoms with Gasteiger partial charge >= 0.3 is 0 Å². The molecule has 1 aliphatic rings. The van der Waals surface area contributed by atoms with Gasteiger partial charge in [0, 0.05) is 40.9 Å². The molecule has 10 heteroatoms. The molecule has 0 bridgehead atoms. The number of hydrogen-bond donors (Lipinski definition) is 1. The second-order valence-corrected chi connectivity index (χ2v) is 9.95. The minimum absolute atomic E-state index is 0.159. The number of rotatable bonds is 7. The first kappa shape index (κ1) is 22.1. The van der Waals surface area contributed by atoms with Crippen LogP contribution in [0, 0.1) is 0 Å². The lowest BCUT2D eigenvalue weighted by Crippen LogP contribution is -2.24. The molecule has 0 aliphatic carbocycles. The molecule has 0 saturated carbocycles. The van der Waals surface area contributed by atoms with E-state index >= 15 is 0 Å². The van der Waals surface area contributed by atoms with Crippen molar-refractivity contribution in [3.63, 3.8) is 0 Å². The van der Waals surface area contributed by atoms with Crippen molar-refractivity contribution in [2.45, 2.75) is 29.5 Å². The Morgan fingerprint density at radius 3 is 2.68 bits per heavy atom. The van der Waals surface area contributed by atoms with Crippen molar-refractivity contribution in [2.24, 2.45) is 0 Å². The van der Waals surface area contributed by atoms with E-state index in [9.17, 15) is 9.59 Å². The average molecular weight is 493 g/mol. The molecule has 0 spiro atoms. The van der Waals surface area contributed by atoms with Crippen molar-refractivity contribution < 1.29 is 9.59 Å². The average Bonchev–Trinajstić information content (AvgIpc) is 3.37. The van der Waals surface area contributed by atoms with Crippen LogP contribution in [0.3, 0.4) is 0 Å². The van der Waals surface area contributed by atoms with Crippen LogP contribution in [0.25, 0.3) is 0 Å². The molecule has 0 radical (unpaired) electrons. The number of carbonyl (C=O) groups excluding carboxylic acids is 2. The van der Waals surface area contributed by atoms with Gasteiger partial charge < -0.3 is 4.90 Å². The number of hydrogen-bond acceptors (Lipinski definition) is 6. The lowest BCUT2D eigenvalue weighted by atomic mass is 10.1. The Kier molecular flexibility index (Phi) is 7.12. The van der Waals surface area contributed by atoms with Gasteiger partial charge in [0.25, 0.3) is 5.91 Å². The highest BCUT2D eigenvalue weighted by molar-refractivity contribution is 8.00. The molecule has 0 unspecified atom stereocenters. The fourth-order valence-electron chi connectivity index (χ4n) is 3.19. The number of thioether (sulfide) groups is 1. The maximum atomic E-state index is 12.7. The summed E-state index contributed by atoms with van der Waals surface area (Å²) in [4.78, 5) is 26.3. The summed E-state index contributed by atoms with van der Waals surface area (Å²) in [5, 5.41) is 12.6. The number of halogens is 2. The van der Waals surface area contributed by atoms with E-state index in [2.05, 4.69) is 15.5 Å². The monoisotopic (exact) mass is 492 g/mol. The van der Waals surface area contributed by atoms with Crippen molar-refractivity contribution in [1.29, 1.82) is 0 Å². The highest BCUT2D eigenvalue weighted by Gasteiger charge is 2.20. The van der Waals surface area contributed by atoms with E-state index in [1.165, 1.54) is 23.1 Å². The van der Waals surface area contributed by atoms with Crippen molar-refractivity contribution in [1.82, 2.24) is 15.1 Å². The van der Waals surface area contributed by atoms with Gasteiger partial charge in [-0.05, 0) is 41.8 Å². The van der Waals surface area contributed by atoms with Gasteiger partial charge in [-0.2, -0.15) is 0 Å². The van der Waals surface area contributed by atoms with Crippen molar-refractivity contribution >= 4 is 63.2 Å². The number of nitrogens with zero attached hydrogens (tertiary/aromatic N) is 3. The predicted molar refractivity (Wildman–Crippen MR) is 125 cm³/mol. The van der Waals surface area contributed by atoms with Gasteiger partial charge in [-0.25, -0.2) is 0 Å². The van der Waals surface area contributed by atoms with E-state index in [0.29, 0.717) is 43.8 Å². The number of nitrogens with one attached hydrogen (secondary N) is 1. The number of benzene rings is 2. The van der Waals surface area contributed by atoms with Gasteiger partial charge in [0.15, 0.2) is 4.34 Å². The van der Waals surface area contributed by atoms with E-state index in [1.807, 2.05) is 17.0 Å². The third-order valence-corrected chi connectivity index (χ3v) is 7.47. The minimum Gasteiger partial charge on any atom is -0.338 e. The van der Waals surface area contributed by atoms with Crippen molar-refractivity contribution in [2.75, 3.05) is 11.9 Å². The number of carbonyl (C=O) groups is 2. The molecule has 4 rings (SSSR count). The Bertz CT molecular complexity index is 1100. The van der Waals surface area contributed by atoms with E-state index in [4.69, 9.17) is 23.2 Å². The Morgan fingerprint density at radius 2 is 1.94 bits per heavy atom. The third kappa shape index (κ3) is 5.57. The molecule has 1 N–H and O–H groups in total. The second-order valence-electron chi connectivity index (χ2n) is 6.94. The van der Waals surface area contributed by atoms with Crippen LogP contribution in [0.15, 0.2) is 46.8 Å². The van der Waals surface area contributed by atoms with Crippen LogP contribution in [0.5, 0.6) is 0 Å². The number of anilines is 1. The predicted octanol–water partition coefficient (Wildman–Crippen LogP) is 5.51. The Balaban J connectivity index is 1.36. The van der Waals surface area contributed by atoms with Gasteiger partial charge in [0.1, 0.15) is 0 Å². The number of likely N-dealkylation sites (tertiary alicyclic amines) is 1. The highest BCUT2D eigenvalue weighted by atomic mass is 35.5. The van der Waals surface area contributed by atoms with Gasteiger partial charge in [-0.1, -0.05) is 64.5 Å². The minimum atomic E-state index is -0.267. The quantitative estimate of drug-likeness (QED) is 0.347. The zero-order chi connectivity index (χ0) is 21.8. The molecule has 1 aliphatic heterocycles. The molecule has 1 saturated heterocycles. The standard InChI is InChI=1S/C21H18Cl2N4O2S2/c22-16-6-2-7-17(23)15(16)12-30-21-26-25-20(31-21)24-19(29)14-5-1-4-13(10-14)11-27-9-3-8-18(27)28/h1-2,4-7,10H,3,8-9,11-12H2,(H,24,25,29). The summed E-state index contributed by atoms with van der Waals surface area (Å²) >= 11 is 15.1. The zero-order valence-electron chi connectivity index (χ0n) is 16.3. The van der Waals surface area contributed by atoms with Crippen LogP contribution in [0.4, 0.5) is 5.13 Å². The summed E-state index contributed by atoms with van der Waals surface area (Å²) < 4.78 is 0.701. The lowest BCUT2D eigenvalue weighted by molar-refractivity contribution is -0.128. The summed E-state index contributed by atoms with van der Waals surface area (Å²) in [6.07, 6.45) is 1.49. The van der Waals surface area contributed by atoms with E-state index in [1.54, 1.807) is 30.3 Å². The Labute approximate surface area is 198 Å². The van der Waals surface area contributed by atoms with Crippen LogP contribution in [-0.2, 0) is 17.1 Å². The normalized spacial score (nSPS) is 13.6. The Morgan fingerprint density at radius 1 is 1.16 bits per heavy atom. The fraction of sp³-hybridized carbons (Fsp3) is 0.238. The maximum Gasteiger partial charge on any atom is 0.257 e. The first-order chi connectivity index (χ1) is 15.0. The van der Waals surface area contributed by atoms with E-state index in [-0.39, 0.29) is 11.8 Å². The molecule has 3 aromatic rings. The van der Waals surface area contributed by atoms with Crippen LogP contribution in [0.1, 0.15) is 34.3 Å². The molecule has 31 heavy (non-hydrogen) atoms. The lowest BCUT2D eigenvalue weighted by Gasteiger charge is -2.15. The third-order valence-electron chi connectivity index (χ3n) is 4.76. The molecular weight excluding hydrogens is 475 g/mol. The Hall–Kier alpha value is -2.13. The van der Waals surface area contributed by atoms with Crippen molar-refractivity contribution in [3.8, 4) is 0 Å². The number of amides is 2. The summed E-state index contributed by atoms with van der Waals surface area (Å²) in [6, 6.07) is 12.7.